The van der Waals surface area contributed by atoms with E-state index in [9.17, 15) is 0 Å². The van der Waals surface area contributed by atoms with Crippen LogP contribution in [0.1, 0.15) is 16.8 Å². The molecule has 0 saturated heterocycles. The number of benzene rings is 2. The van der Waals surface area contributed by atoms with E-state index in [0.29, 0.717) is 5.95 Å². The Balaban J connectivity index is 1.72. The predicted octanol–water partition coefficient (Wildman–Crippen LogP) is 5.21. The number of halogens is 1. The van der Waals surface area contributed by atoms with Gasteiger partial charge in [0.05, 0.1) is 0 Å². The highest BCUT2D eigenvalue weighted by molar-refractivity contribution is 9.10. The lowest BCUT2D eigenvalue weighted by atomic mass is 10.1. The van der Waals surface area contributed by atoms with Gasteiger partial charge in [0.25, 0.3) is 0 Å². The molecule has 0 fully saturated rings. The van der Waals surface area contributed by atoms with Gasteiger partial charge in [-0.25, -0.2) is 4.98 Å². The van der Waals surface area contributed by atoms with Crippen molar-refractivity contribution >= 4 is 33.4 Å². The molecule has 0 saturated carbocycles. The zero-order valence-electron chi connectivity index (χ0n) is 13.7. The maximum atomic E-state index is 4.54. The number of rotatable bonds is 5. The van der Waals surface area contributed by atoms with Crippen molar-refractivity contribution in [3.63, 3.8) is 0 Å². The smallest absolute Gasteiger partial charge is 0.229 e. The molecule has 0 radical (unpaired) electrons. The minimum Gasteiger partial charge on any atom is -0.366 e. The van der Waals surface area contributed by atoms with E-state index in [-0.39, 0.29) is 0 Å². The lowest BCUT2D eigenvalue weighted by Crippen LogP contribution is -2.05. The normalized spacial score (nSPS) is 10.5. The molecule has 0 bridgehead atoms. The third kappa shape index (κ3) is 4.55. The number of aryl methyl sites for hydroxylation is 2. The van der Waals surface area contributed by atoms with Crippen molar-refractivity contribution in [2.24, 2.45) is 0 Å². The summed E-state index contributed by atoms with van der Waals surface area (Å²) >= 11 is 3.43. The monoisotopic (exact) mass is 382 g/mol. The Kier molecular flexibility index (Phi) is 5.11. The Morgan fingerprint density at radius 3 is 2.50 bits per heavy atom. The average molecular weight is 383 g/mol. The van der Waals surface area contributed by atoms with Crippen molar-refractivity contribution in [2.45, 2.75) is 20.4 Å². The Morgan fingerprint density at radius 1 is 0.958 bits per heavy atom. The zero-order valence-corrected chi connectivity index (χ0v) is 15.3. The first-order valence-electron chi connectivity index (χ1n) is 7.76. The van der Waals surface area contributed by atoms with Gasteiger partial charge in [0.1, 0.15) is 5.82 Å². The highest BCUT2D eigenvalue weighted by Crippen LogP contribution is 2.19. The van der Waals surface area contributed by atoms with Gasteiger partial charge in [-0.3, -0.25) is 0 Å². The van der Waals surface area contributed by atoms with E-state index in [4.69, 9.17) is 0 Å². The molecule has 0 spiro atoms. The van der Waals surface area contributed by atoms with Gasteiger partial charge in [-0.2, -0.15) is 4.98 Å². The van der Waals surface area contributed by atoms with Crippen LogP contribution in [0, 0.1) is 13.8 Å². The van der Waals surface area contributed by atoms with Crippen molar-refractivity contribution in [2.75, 3.05) is 10.6 Å². The van der Waals surface area contributed by atoms with E-state index in [0.717, 1.165) is 28.2 Å². The molecular weight excluding hydrogens is 364 g/mol. The highest BCUT2D eigenvalue weighted by Gasteiger charge is 2.03. The van der Waals surface area contributed by atoms with Crippen molar-refractivity contribution in [3.8, 4) is 0 Å². The Bertz CT molecular complexity index is 831. The van der Waals surface area contributed by atoms with E-state index >= 15 is 0 Å². The first-order chi connectivity index (χ1) is 11.6. The van der Waals surface area contributed by atoms with Gasteiger partial charge in [0.15, 0.2) is 0 Å². The topological polar surface area (TPSA) is 49.8 Å². The van der Waals surface area contributed by atoms with Crippen LogP contribution < -0.4 is 10.6 Å². The van der Waals surface area contributed by atoms with Crippen LogP contribution >= 0.6 is 15.9 Å². The molecule has 2 aromatic carbocycles. The van der Waals surface area contributed by atoms with E-state index in [1.54, 1.807) is 0 Å². The van der Waals surface area contributed by atoms with Crippen molar-refractivity contribution < 1.29 is 0 Å². The maximum absolute atomic E-state index is 4.54. The summed E-state index contributed by atoms with van der Waals surface area (Å²) in [5, 5.41) is 6.60. The molecule has 0 aliphatic rings. The first-order valence-corrected chi connectivity index (χ1v) is 8.55. The van der Waals surface area contributed by atoms with E-state index in [2.05, 4.69) is 67.7 Å². The lowest BCUT2D eigenvalue weighted by Gasteiger charge is -2.10. The molecule has 24 heavy (non-hydrogen) atoms. The zero-order chi connectivity index (χ0) is 16.9. The molecular formula is C19H19BrN4. The number of anilines is 3. The van der Waals surface area contributed by atoms with E-state index in [1.165, 1.54) is 11.1 Å². The summed E-state index contributed by atoms with van der Waals surface area (Å²) in [5.74, 6) is 1.40. The fourth-order valence-corrected chi connectivity index (χ4v) is 2.66. The van der Waals surface area contributed by atoms with Crippen LogP contribution in [0.25, 0.3) is 0 Å². The second-order valence-corrected chi connectivity index (χ2v) is 6.61. The van der Waals surface area contributed by atoms with Crippen LogP contribution in [0.2, 0.25) is 0 Å². The highest BCUT2D eigenvalue weighted by atomic mass is 79.9. The summed E-state index contributed by atoms with van der Waals surface area (Å²) in [6.07, 6.45) is 0. The first kappa shape index (κ1) is 16.5. The lowest BCUT2D eigenvalue weighted by molar-refractivity contribution is 1.06. The van der Waals surface area contributed by atoms with E-state index < -0.39 is 0 Å². The summed E-state index contributed by atoms with van der Waals surface area (Å²) in [5.41, 5.74) is 4.35. The maximum Gasteiger partial charge on any atom is 0.229 e. The molecule has 1 aromatic heterocycles. The van der Waals surface area contributed by atoms with Crippen LogP contribution in [0.5, 0.6) is 0 Å². The van der Waals surface area contributed by atoms with Crippen molar-refractivity contribution in [3.05, 3.63) is 75.9 Å². The van der Waals surface area contributed by atoms with E-state index in [1.807, 2.05) is 37.3 Å². The van der Waals surface area contributed by atoms with Crippen LogP contribution in [-0.2, 0) is 6.54 Å². The van der Waals surface area contributed by atoms with Crippen LogP contribution in [0.4, 0.5) is 17.5 Å². The molecule has 0 amide bonds. The summed E-state index contributed by atoms with van der Waals surface area (Å²) in [6.45, 7) is 4.79. The molecule has 122 valence electrons. The van der Waals surface area contributed by atoms with Gasteiger partial charge in [-0.15, -0.1) is 0 Å². The largest absolute Gasteiger partial charge is 0.366 e. The molecule has 2 N–H and O–H groups in total. The minimum absolute atomic E-state index is 0.587. The molecule has 0 aliphatic carbocycles. The van der Waals surface area contributed by atoms with Crippen molar-refractivity contribution in [1.82, 2.24) is 9.97 Å². The number of aromatic nitrogens is 2. The molecule has 1 heterocycles. The standard InChI is InChI=1S/C19H19BrN4/c1-13-4-3-5-15(10-13)12-21-18-11-14(2)22-19(24-18)23-17-8-6-16(20)7-9-17/h3-11H,12H2,1-2H3,(H2,21,22,23,24). The molecule has 0 aliphatic heterocycles. The SMILES string of the molecule is Cc1cccc(CNc2cc(C)nc(Nc3ccc(Br)cc3)n2)c1. The Morgan fingerprint density at radius 2 is 1.75 bits per heavy atom. The third-order valence-electron chi connectivity index (χ3n) is 3.51. The van der Waals surface area contributed by atoms with Gasteiger partial charge >= 0.3 is 0 Å². The summed E-state index contributed by atoms with van der Waals surface area (Å²) in [4.78, 5) is 8.99. The van der Waals surface area contributed by atoms with Gasteiger partial charge in [0, 0.05) is 28.5 Å². The van der Waals surface area contributed by atoms with Crippen LogP contribution in [0.15, 0.2) is 59.1 Å². The molecule has 0 unspecified atom stereocenters. The predicted molar refractivity (Wildman–Crippen MR) is 103 cm³/mol. The number of nitrogens with zero attached hydrogens (tertiary/aromatic N) is 2. The fourth-order valence-electron chi connectivity index (χ4n) is 2.39. The molecule has 4 nitrogen and oxygen atoms in total. The molecule has 3 rings (SSSR count). The Labute approximate surface area is 150 Å². The fraction of sp³-hybridized carbons (Fsp3) is 0.158. The quantitative estimate of drug-likeness (QED) is 0.635. The van der Waals surface area contributed by atoms with Gasteiger partial charge < -0.3 is 10.6 Å². The number of hydrogen-bond donors (Lipinski definition) is 2. The second kappa shape index (κ2) is 7.45. The second-order valence-electron chi connectivity index (χ2n) is 5.69. The average Bonchev–Trinajstić information content (AvgIpc) is 2.55. The molecule has 5 heteroatoms. The van der Waals surface area contributed by atoms with Gasteiger partial charge in [-0.05, 0) is 43.7 Å². The minimum atomic E-state index is 0.587. The molecule has 0 atom stereocenters. The summed E-state index contributed by atoms with van der Waals surface area (Å²) in [6, 6.07) is 18.3. The summed E-state index contributed by atoms with van der Waals surface area (Å²) < 4.78 is 1.04. The third-order valence-corrected chi connectivity index (χ3v) is 4.04. The van der Waals surface area contributed by atoms with Crippen molar-refractivity contribution in [1.29, 1.82) is 0 Å². The van der Waals surface area contributed by atoms with Gasteiger partial charge in [-0.1, -0.05) is 45.8 Å². The molecule has 3 aromatic rings. The summed E-state index contributed by atoms with van der Waals surface area (Å²) in [7, 11) is 0. The van der Waals surface area contributed by atoms with Crippen LogP contribution in [-0.4, -0.2) is 9.97 Å². The number of nitrogens with one attached hydrogen (secondary N) is 2. The number of hydrogen-bond acceptors (Lipinski definition) is 4. The van der Waals surface area contributed by atoms with Gasteiger partial charge in [0.2, 0.25) is 5.95 Å². The van der Waals surface area contributed by atoms with Crippen LogP contribution in [0.3, 0.4) is 0 Å². The Hall–Kier alpha value is -2.40.